The lowest BCUT2D eigenvalue weighted by Gasteiger charge is -2.10. The number of amides is 1. The van der Waals surface area contributed by atoms with Crippen LogP contribution >= 0.6 is 0 Å². The third kappa shape index (κ3) is 3.56. The minimum atomic E-state index is 0.133. The molecule has 2 rings (SSSR count). The number of nitrogens with two attached hydrogens (primary N) is 1. The Morgan fingerprint density at radius 2 is 2.47 bits per heavy atom. The number of carbonyl (C=O) groups is 1. The molecule has 5 nitrogen and oxygen atoms in total. The van der Waals surface area contributed by atoms with E-state index in [4.69, 9.17) is 5.73 Å². The predicted molar refractivity (Wildman–Crippen MR) is 65.2 cm³/mol. The highest BCUT2D eigenvalue weighted by Gasteiger charge is 2.27. The van der Waals surface area contributed by atoms with Crippen LogP contribution < -0.4 is 11.1 Å². The molecule has 4 N–H and O–H groups in total. The lowest BCUT2D eigenvalue weighted by Crippen LogP contribution is -2.31. The zero-order chi connectivity index (χ0) is 12.1. The van der Waals surface area contributed by atoms with Gasteiger partial charge in [-0.15, -0.1) is 0 Å². The fourth-order valence-electron chi connectivity index (χ4n) is 2.30. The first-order valence-electron chi connectivity index (χ1n) is 6.27. The Labute approximate surface area is 101 Å². The van der Waals surface area contributed by atoms with Crippen LogP contribution in [-0.2, 0) is 11.2 Å². The first-order chi connectivity index (χ1) is 8.25. The number of hydrogen-bond donors (Lipinski definition) is 3. The van der Waals surface area contributed by atoms with Gasteiger partial charge in [0, 0.05) is 37.3 Å². The van der Waals surface area contributed by atoms with Crippen LogP contribution in [0.15, 0.2) is 12.4 Å². The van der Waals surface area contributed by atoms with Gasteiger partial charge in [0.2, 0.25) is 5.91 Å². The second-order valence-corrected chi connectivity index (χ2v) is 4.70. The molecule has 17 heavy (non-hydrogen) atoms. The third-order valence-electron chi connectivity index (χ3n) is 3.29. The Balaban J connectivity index is 1.60. The van der Waals surface area contributed by atoms with E-state index in [1.807, 2.05) is 6.20 Å². The van der Waals surface area contributed by atoms with Gasteiger partial charge in [0.15, 0.2) is 0 Å². The number of aromatic nitrogens is 2. The number of H-pyrrole nitrogens is 1. The minimum absolute atomic E-state index is 0.133. The molecule has 2 unspecified atom stereocenters. The molecule has 0 aliphatic heterocycles. The molecule has 1 amide bonds. The molecule has 1 saturated carbocycles. The van der Waals surface area contributed by atoms with E-state index in [0.717, 1.165) is 37.9 Å². The average Bonchev–Trinajstić information content (AvgIpc) is 2.95. The maximum absolute atomic E-state index is 11.8. The fourth-order valence-corrected chi connectivity index (χ4v) is 2.30. The van der Waals surface area contributed by atoms with Crippen LogP contribution in [0.2, 0.25) is 0 Å². The van der Waals surface area contributed by atoms with E-state index in [1.165, 1.54) is 0 Å². The highest BCUT2D eigenvalue weighted by molar-refractivity contribution is 5.78. The summed E-state index contributed by atoms with van der Waals surface area (Å²) in [6.45, 7) is 0.714. The molecule has 0 aromatic carbocycles. The summed E-state index contributed by atoms with van der Waals surface area (Å²) >= 11 is 0. The Morgan fingerprint density at radius 1 is 1.59 bits per heavy atom. The molecule has 5 heteroatoms. The molecule has 1 aliphatic rings. The Morgan fingerprint density at radius 3 is 3.12 bits per heavy atom. The van der Waals surface area contributed by atoms with E-state index >= 15 is 0 Å². The van der Waals surface area contributed by atoms with Crippen LogP contribution in [0.4, 0.5) is 0 Å². The topological polar surface area (TPSA) is 83.8 Å². The van der Waals surface area contributed by atoms with Gasteiger partial charge < -0.3 is 16.0 Å². The van der Waals surface area contributed by atoms with Crippen molar-refractivity contribution in [3.05, 3.63) is 18.2 Å². The van der Waals surface area contributed by atoms with Gasteiger partial charge in [0.1, 0.15) is 5.82 Å². The van der Waals surface area contributed by atoms with Crippen molar-refractivity contribution in [1.29, 1.82) is 0 Å². The smallest absolute Gasteiger partial charge is 0.223 e. The van der Waals surface area contributed by atoms with Gasteiger partial charge in [-0.1, -0.05) is 0 Å². The van der Waals surface area contributed by atoms with E-state index in [2.05, 4.69) is 15.3 Å². The molecule has 2 atom stereocenters. The van der Waals surface area contributed by atoms with Crippen molar-refractivity contribution in [2.24, 2.45) is 11.7 Å². The molecule has 94 valence electrons. The van der Waals surface area contributed by atoms with Crippen LogP contribution in [0.25, 0.3) is 0 Å². The summed E-state index contributed by atoms with van der Waals surface area (Å²) in [5, 5.41) is 2.97. The van der Waals surface area contributed by atoms with Crippen molar-refractivity contribution >= 4 is 5.91 Å². The first-order valence-corrected chi connectivity index (χ1v) is 6.27. The van der Waals surface area contributed by atoms with Crippen molar-refractivity contribution in [3.8, 4) is 0 Å². The minimum Gasteiger partial charge on any atom is -0.356 e. The summed E-state index contributed by atoms with van der Waals surface area (Å²) in [4.78, 5) is 18.9. The van der Waals surface area contributed by atoms with E-state index in [0.29, 0.717) is 6.54 Å². The highest BCUT2D eigenvalue weighted by Crippen LogP contribution is 2.23. The van der Waals surface area contributed by atoms with Crippen LogP contribution in [0.1, 0.15) is 31.5 Å². The second-order valence-electron chi connectivity index (χ2n) is 4.70. The summed E-state index contributed by atoms with van der Waals surface area (Å²) in [6.07, 6.45) is 8.09. The summed E-state index contributed by atoms with van der Waals surface area (Å²) < 4.78 is 0. The monoisotopic (exact) mass is 236 g/mol. The summed E-state index contributed by atoms with van der Waals surface area (Å²) in [5.74, 6) is 1.27. The maximum atomic E-state index is 11.8. The third-order valence-corrected chi connectivity index (χ3v) is 3.29. The zero-order valence-electron chi connectivity index (χ0n) is 9.98. The molecular formula is C12H20N4O. The van der Waals surface area contributed by atoms with Gasteiger partial charge >= 0.3 is 0 Å². The number of rotatable bonds is 5. The molecule has 0 saturated heterocycles. The van der Waals surface area contributed by atoms with Crippen LogP contribution in [0, 0.1) is 5.92 Å². The largest absolute Gasteiger partial charge is 0.356 e. The summed E-state index contributed by atoms with van der Waals surface area (Å²) in [6, 6.07) is 0.217. The Bertz CT molecular complexity index is 349. The maximum Gasteiger partial charge on any atom is 0.223 e. The van der Waals surface area contributed by atoms with E-state index in [1.54, 1.807) is 6.20 Å². The lowest BCUT2D eigenvalue weighted by atomic mass is 10.1. The molecule has 0 spiro atoms. The molecule has 0 bridgehead atoms. The van der Waals surface area contributed by atoms with Gasteiger partial charge in [-0.25, -0.2) is 4.98 Å². The van der Waals surface area contributed by atoms with Gasteiger partial charge in [-0.2, -0.15) is 0 Å². The fraction of sp³-hybridized carbons (Fsp3) is 0.667. The van der Waals surface area contributed by atoms with E-state index < -0.39 is 0 Å². The predicted octanol–water partition coefficient (Wildman–Crippen LogP) is 0.586. The Kier molecular flexibility index (Phi) is 4.14. The number of aryl methyl sites for hydroxylation is 1. The van der Waals surface area contributed by atoms with E-state index in [-0.39, 0.29) is 17.9 Å². The molecule has 0 radical (unpaired) electrons. The second kappa shape index (κ2) is 5.82. The van der Waals surface area contributed by atoms with Gasteiger partial charge in [-0.05, 0) is 25.7 Å². The van der Waals surface area contributed by atoms with Crippen molar-refractivity contribution in [2.45, 2.75) is 38.1 Å². The van der Waals surface area contributed by atoms with Gasteiger partial charge in [0.25, 0.3) is 0 Å². The SMILES string of the molecule is NC1CCC(C(=O)NCCCc2ncc[nH]2)C1. The van der Waals surface area contributed by atoms with Crippen molar-refractivity contribution in [3.63, 3.8) is 0 Å². The number of nitrogens with zero attached hydrogens (tertiary/aromatic N) is 1. The molecule has 1 heterocycles. The molecule has 1 fully saturated rings. The van der Waals surface area contributed by atoms with Crippen LogP contribution in [0.3, 0.4) is 0 Å². The van der Waals surface area contributed by atoms with Gasteiger partial charge in [-0.3, -0.25) is 4.79 Å². The molecule has 1 aromatic heterocycles. The van der Waals surface area contributed by atoms with Crippen molar-refractivity contribution < 1.29 is 4.79 Å². The standard InChI is InChI=1S/C12H20N4O/c13-10-4-3-9(8-10)12(17)16-5-1-2-11-14-6-7-15-11/h6-7,9-10H,1-5,8,13H2,(H,14,15)(H,16,17). The summed E-state index contributed by atoms with van der Waals surface area (Å²) in [7, 11) is 0. The van der Waals surface area contributed by atoms with Crippen molar-refractivity contribution in [1.82, 2.24) is 15.3 Å². The molecule has 1 aromatic rings. The van der Waals surface area contributed by atoms with Crippen LogP contribution in [0.5, 0.6) is 0 Å². The Hall–Kier alpha value is -1.36. The quantitative estimate of drug-likeness (QED) is 0.654. The average molecular weight is 236 g/mol. The number of nitrogens with one attached hydrogen (secondary N) is 2. The first kappa shape index (κ1) is 12.1. The number of carbonyl (C=O) groups excluding carboxylic acids is 1. The number of hydrogen-bond acceptors (Lipinski definition) is 3. The molecular weight excluding hydrogens is 216 g/mol. The lowest BCUT2D eigenvalue weighted by molar-refractivity contribution is -0.124. The number of imidazole rings is 1. The molecule has 1 aliphatic carbocycles. The normalized spacial score (nSPS) is 23.8. The van der Waals surface area contributed by atoms with Crippen LogP contribution in [-0.4, -0.2) is 28.5 Å². The highest BCUT2D eigenvalue weighted by atomic mass is 16.1. The number of aromatic amines is 1. The summed E-state index contributed by atoms with van der Waals surface area (Å²) in [5.41, 5.74) is 5.79. The zero-order valence-corrected chi connectivity index (χ0v) is 9.98. The van der Waals surface area contributed by atoms with E-state index in [9.17, 15) is 4.79 Å². The van der Waals surface area contributed by atoms with Crippen molar-refractivity contribution in [2.75, 3.05) is 6.54 Å². The van der Waals surface area contributed by atoms with Gasteiger partial charge in [0.05, 0.1) is 0 Å².